The SMILES string of the molecule is CCOC(=O)C(C)N1C(=O)SC(=Cc2ccc(OCc3ccc(C(=O)O)cc3)cc2)C1=O. The van der Waals surface area contributed by atoms with Crippen molar-refractivity contribution >= 4 is 40.9 Å². The van der Waals surface area contributed by atoms with Crippen LogP contribution in [0.15, 0.2) is 53.4 Å². The van der Waals surface area contributed by atoms with Crippen molar-refractivity contribution in [1.29, 1.82) is 0 Å². The van der Waals surface area contributed by atoms with Gasteiger partial charge < -0.3 is 14.6 Å². The minimum atomic E-state index is -0.992. The van der Waals surface area contributed by atoms with Crippen LogP contribution in [0.3, 0.4) is 0 Å². The predicted octanol–water partition coefficient (Wildman–Crippen LogP) is 3.95. The highest BCUT2D eigenvalue weighted by molar-refractivity contribution is 8.18. The standard InChI is InChI=1S/C23H21NO7S/c1-3-30-22(28)14(2)24-20(25)19(32-23(24)29)12-15-6-10-18(11-7-15)31-13-16-4-8-17(9-5-16)21(26)27/h4-12,14H,3,13H2,1-2H3,(H,26,27). The van der Waals surface area contributed by atoms with E-state index >= 15 is 0 Å². The number of carbonyl (C=O) groups is 4. The lowest BCUT2D eigenvalue weighted by Crippen LogP contribution is -2.42. The molecular formula is C23H21NO7S. The largest absolute Gasteiger partial charge is 0.489 e. The molecule has 8 nitrogen and oxygen atoms in total. The van der Waals surface area contributed by atoms with Gasteiger partial charge in [0, 0.05) is 0 Å². The highest BCUT2D eigenvalue weighted by Crippen LogP contribution is 2.34. The number of aromatic carboxylic acids is 1. The average molecular weight is 455 g/mol. The lowest BCUT2D eigenvalue weighted by Gasteiger charge is -2.19. The van der Waals surface area contributed by atoms with Crippen LogP contribution in [0.25, 0.3) is 6.08 Å². The number of nitrogens with zero attached hydrogens (tertiary/aromatic N) is 1. The molecule has 9 heteroatoms. The molecular weight excluding hydrogens is 434 g/mol. The molecule has 1 aliphatic heterocycles. The van der Waals surface area contributed by atoms with Gasteiger partial charge in [-0.2, -0.15) is 0 Å². The van der Waals surface area contributed by atoms with Gasteiger partial charge in [-0.15, -0.1) is 0 Å². The maximum Gasteiger partial charge on any atom is 0.335 e. The number of hydrogen-bond acceptors (Lipinski definition) is 7. The van der Waals surface area contributed by atoms with Crippen molar-refractivity contribution in [3.8, 4) is 5.75 Å². The fraction of sp³-hybridized carbons (Fsp3) is 0.217. The molecule has 1 fully saturated rings. The summed E-state index contributed by atoms with van der Waals surface area (Å²) in [5, 5.41) is 8.41. The Balaban J connectivity index is 1.63. The number of hydrogen-bond donors (Lipinski definition) is 1. The van der Waals surface area contributed by atoms with Crippen molar-refractivity contribution in [2.75, 3.05) is 6.61 Å². The van der Waals surface area contributed by atoms with Crippen molar-refractivity contribution in [3.63, 3.8) is 0 Å². The molecule has 3 rings (SSSR count). The molecule has 1 heterocycles. The second kappa shape index (κ2) is 10.1. The minimum Gasteiger partial charge on any atom is -0.489 e. The number of carboxylic acid groups (broad SMARTS) is 1. The highest BCUT2D eigenvalue weighted by atomic mass is 32.2. The van der Waals surface area contributed by atoms with Crippen LogP contribution in [0, 0.1) is 0 Å². The number of amides is 2. The van der Waals surface area contributed by atoms with E-state index in [9.17, 15) is 19.2 Å². The van der Waals surface area contributed by atoms with E-state index < -0.39 is 29.1 Å². The Hall–Kier alpha value is -3.59. The molecule has 1 unspecified atom stereocenters. The zero-order valence-electron chi connectivity index (χ0n) is 17.4. The maximum absolute atomic E-state index is 12.6. The third-order valence-corrected chi connectivity index (χ3v) is 5.51. The zero-order valence-corrected chi connectivity index (χ0v) is 18.3. The smallest absolute Gasteiger partial charge is 0.335 e. The highest BCUT2D eigenvalue weighted by Gasteiger charge is 2.41. The average Bonchev–Trinajstić information content (AvgIpc) is 3.05. The van der Waals surface area contributed by atoms with E-state index in [2.05, 4.69) is 0 Å². The molecule has 0 aromatic heterocycles. The van der Waals surface area contributed by atoms with Crippen LogP contribution in [0.1, 0.15) is 35.3 Å². The van der Waals surface area contributed by atoms with E-state index in [0.29, 0.717) is 11.3 Å². The first-order valence-corrected chi connectivity index (χ1v) is 10.6. The van der Waals surface area contributed by atoms with Crippen molar-refractivity contribution in [3.05, 3.63) is 70.1 Å². The number of benzene rings is 2. The number of thioether (sulfide) groups is 1. The van der Waals surface area contributed by atoms with Crippen molar-refractivity contribution in [2.24, 2.45) is 0 Å². The summed E-state index contributed by atoms with van der Waals surface area (Å²) < 4.78 is 10.6. The summed E-state index contributed by atoms with van der Waals surface area (Å²) in [6.07, 6.45) is 1.58. The molecule has 0 aliphatic carbocycles. The Bertz CT molecular complexity index is 1060. The van der Waals surface area contributed by atoms with Gasteiger partial charge in [-0.1, -0.05) is 24.3 Å². The van der Waals surface area contributed by atoms with Crippen molar-refractivity contribution < 1.29 is 33.8 Å². The molecule has 2 aromatic carbocycles. The quantitative estimate of drug-likeness (QED) is 0.471. The Morgan fingerprint density at radius 3 is 2.34 bits per heavy atom. The Morgan fingerprint density at radius 2 is 1.75 bits per heavy atom. The lowest BCUT2D eigenvalue weighted by molar-refractivity contribution is -0.150. The summed E-state index contributed by atoms with van der Waals surface area (Å²) in [5.74, 6) is -1.56. The van der Waals surface area contributed by atoms with Gasteiger partial charge >= 0.3 is 11.9 Å². The van der Waals surface area contributed by atoms with Gasteiger partial charge in [0.1, 0.15) is 18.4 Å². The first-order valence-electron chi connectivity index (χ1n) is 9.79. The summed E-state index contributed by atoms with van der Waals surface area (Å²) in [7, 11) is 0. The van der Waals surface area contributed by atoms with Gasteiger partial charge in [-0.25, -0.2) is 9.59 Å². The molecule has 0 radical (unpaired) electrons. The third-order valence-electron chi connectivity index (χ3n) is 4.62. The number of ether oxygens (including phenoxy) is 2. The normalized spacial score (nSPS) is 15.7. The first-order chi connectivity index (χ1) is 15.3. The number of imide groups is 1. The maximum atomic E-state index is 12.6. The third kappa shape index (κ3) is 5.36. The van der Waals surface area contributed by atoms with Gasteiger partial charge in [0.25, 0.3) is 11.1 Å². The van der Waals surface area contributed by atoms with Crippen LogP contribution < -0.4 is 4.74 Å². The van der Waals surface area contributed by atoms with Crippen LogP contribution in [0.4, 0.5) is 4.79 Å². The zero-order chi connectivity index (χ0) is 23.3. The van der Waals surface area contributed by atoms with Crippen molar-refractivity contribution in [2.45, 2.75) is 26.5 Å². The Labute approximate surface area is 188 Å². The molecule has 0 saturated carbocycles. The van der Waals surface area contributed by atoms with Crippen LogP contribution >= 0.6 is 11.8 Å². The van der Waals surface area contributed by atoms with E-state index in [0.717, 1.165) is 22.2 Å². The summed E-state index contributed by atoms with van der Waals surface area (Å²) in [4.78, 5) is 48.8. The van der Waals surface area contributed by atoms with E-state index in [1.54, 1.807) is 49.4 Å². The van der Waals surface area contributed by atoms with Gasteiger partial charge in [0.15, 0.2) is 0 Å². The van der Waals surface area contributed by atoms with E-state index in [-0.39, 0.29) is 23.7 Å². The van der Waals surface area contributed by atoms with Crippen molar-refractivity contribution in [1.82, 2.24) is 4.90 Å². The Kier molecular flexibility index (Phi) is 7.32. The van der Waals surface area contributed by atoms with Crippen LogP contribution in [-0.4, -0.2) is 45.7 Å². The molecule has 2 amide bonds. The molecule has 1 saturated heterocycles. The first kappa shape index (κ1) is 23.1. The number of rotatable bonds is 8. The molecule has 1 atom stereocenters. The minimum absolute atomic E-state index is 0.164. The van der Waals surface area contributed by atoms with E-state index in [1.807, 2.05) is 0 Å². The molecule has 1 N–H and O–H groups in total. The Morgan fingerprint density at radius 1 is 1.09 bits per heavy atom. The van der Waals surface area contributed by atoms with Gasteiger partial charge in [-0.05, 0) is 67.1 Å². The second-order valence-electron chi connectivity index (χ2n) is 6.84. The summed E-state index contributed by atoms with van der Waals surface area (Å²) in [6.45, 7) is 3.54. The predicted molar refractivity (Wildman–Crippen MR) is 118 cm³/mol. The van der Waals surface area contributed by atoms with E-state index in [1.165, 1.54) is 19.1 Å². The molecule has 0 bridgehead atoms. The topological polar surface area (TPSA) is 110 Å². The number of carboxylic acids is 1. The summed E-state index contributed by atoms with van der Waals surface area (Å²) in [6, 6.07) is 12.3. The second-order valence-corrected chi connectivity index (χ2v) is 7.83. The summed E-state index contributed by atoms with van der Waals surface area (Å²) >= 11 is 0.773. The van der Waals surface area contributed by atoms with E-state index in [4.69, 9.17) is 14.6 Å². The summed E-state index contributed by atoms with van der Waals surface area (Å²) in [5.41, 5.74) is 1.72. The molecule has 2 aromatic rings. The molecule has 166 valence electrons. The van der Waals surface area contributed by atoms with Crippen LogP contribution in [0.2, 0.25) is 0 Å². The molecule has 1 aliphatic rings. The van der Waals surface area contributed by atoms with Crippen LogP contribution in [-0.2, 0) is 20.9 Å². The molecule has 32 heavy (non-hydrogen) atoms. The number of esters is 1. The molecule has 0 spiro atoms. The fourth-order valence-corrected chi connectivity index (χ4v) is 3.81. The lowest BCUT2D eigenvalue weighted by atomic mass is 10.1. The van der Waals surface area contributed by atoms with Gasteiger partial charge in [0.2, 0.25) is 0 Å². The fourth-order valence-electron chi connectivity index (χ4n) is 2.90. The van der Waals surface area contributed by atoms with Crippen LogP contribution in [0.5, 0.6) is 5.75 Å². The number of carbonyl (C=O) groups excluding carboxylic acids is 3. The van der Waals surface area contributed by atoms with Gasteiger partial charge in [-0.3, -0.25) is 14.5 Å². The van der Waals surface area contributed by atoms with Gasteiger partial charge in [0.05, 0.1) is 17.1 Å². The monoisotopic (exact) mass is 455 g/mol.